The van der Waals surface area contributed by atoms with Crippen LogP contribution in [0.5, 0.6) is 0 Å². The molecule has 2 aliphatic rings. The third kappa shape index (κ3) is 5.50. The molecule has 1 saturated heterocycles. The SMILES string of the molecule is Cn1nc(C(=O)NCc2ccccc2F)c2c1CC[C@@H](NCCCN1CCOCC1)C2. The van der Waals surface area contributed by atoms with Crippen LogP contribution in [0.1, 0.15) is 40.2 Å². The molecule has 0 saturated carbocycles. The molecule has 1 fully saturated rings. The molecule has 31 heavy (non-hydrogen) atoms. The van der Waals surface area contributed by atoms with Crippen molar-refractivity contribution in [1.29, 1.82) is 0 Å². The Hall–Kier alpha value is -2.29. The van der Waals surface area contributed by atoms with Gasteiger partial charge < -0.3 is 15.4 Å². The standard InChI is InChI=1S/C23H32FN5O2/c1-28-21-8-7-18(25-9-4-10-29-11-13-31-14-12-29)15-19(21)22(27-28)23(30)26-16-17-5-2-3-6-20(17)24/h2-3,5-6,18,25H,4,7-16H2,1H3,(H,26,30)/t18-/m1/s1. The summed E-state index contributed by atoms with van der Waals surface area (Å²) in [6, 6.07) is 6.84. The summed E-state index contributed by atoms with van der Waals surface area (Å²) in [4.78, 5) is 15.3. The molecule has 2 aromatic rings. The summed E-state index contributed by atoms with van der Waals surface area (Å²) in [5, 5.41) is 11.0. The molecule has 0 unspecified atom stereocenters. The van der Waals surface area contributed by atoms with Crippen molar-refractivity contribution in [1.82, 2.24) is 25.3 Å². The third-order valence-electron chi connectivity index (χ3n) is 6.26. The van der Waals surface area contributed by atoms with Gasteiger partial charge in [0.2, 0.25) is 0 Å². The van der Waals surface area contributed by atoms with E-state index < -0.39 is 0 Å². The van der Waals surface area contributed by atoms with Crippen LogP contribution in [-0.2, 0) is 31.2 Å². The average Bonchev–Trinajstić information content (AvgIpc) is 3.13. The fraction of sp³-hybridized carbons (Fsp3) is 0.565. The van der Waals surface area contributed by atoms with Gasteiger partial charge in [0, 0.05) is 49.5 Å². The average molecular weight is 430 g/mol. The number of benzene rings is 1. The van der Waals surface area contributed by atoms with Gasteiger partial charge in [-0.1, -0.05) is 18.2 Å². The highest BCUT2D eigenvalue weighted by Gasteiger charge is 2.28. The van der Waals surface area contributed by atoms with Gasteiger partial charge in [0.25, 0.3) is 5.91 Å². The summed E-state index contributed by atoms with van der Waals surface area (Å²) in [6.45, 7) is 5.92. The predicted molar refractivity (Wildman–Crippen MR) is 116 cm³/mol. The lowest BCUT2D eigenvalue weighted by Crippen LogP contribution is -2.40. The zero-order valence-corrected chi connectivity index (χ0v) is 18.2. The molecule has 2 N–H and O–H groups in total. The first-order chi connectivity index (χ1) is 15.1. The molecule has 1 aromatic heterocycles. The first kappa shape index (κ1) is 21.9. The van der Waals surface area contributed by atoms with E-state index in [1.54, 1.807) is 18.2 Å². The molecule has 4 rings (SSSR count). The number of morpholine rings is 1. The predicted octanol–water partition coefficient (Wildman–Crippen LogP) is 1.66. The van der Waals surface area contributed by atoms with Gasteiger partial charge in [0.1, 0.15) is 5.82 Å². The Morgan fingerprint density at radius 3 is 2.90 bits per heavy atom. The number of hydrogen-bond acceptors (Lipinski definition) is 5. The summed E-state index contributed by atoms with van der Waals surface area (Å²) >= 11 is 0. The van der Waals surface area contributed by atoms with Crippen molar-refractivity contribution in [3.63, 3.8) is 0 Å². The number of aromatic nitrogens is 2. The van der Waals surface area contributed by atoms with Crippen molar-refractivity contribution in [2.45, 2.75) is 38.3 Å². The topological polar surface area (TPSA) is 71.4 Å². The first-order valence-corrected chi connectivity index (χ1v) is 11.2. The molecule has 7 nitrogen and oxygen atoms in total. The van der Waals surface area contributed by atoms with E-state index in [0.717, 1.165) is 76.3 Å². The molecule has 168 valence electrons. The van der Waals surface area contributed by atoms with Crippen molar-refractivity contribution in [3.05, 3.63) is 52.6 Å². The van der Waals surface area contributed by atoms with Gasteiger partial charge >= 0.3 is 0 Å². The zero-order chi connectivity index (χ0) is 21.6. The Balaban J connectivity index is 1.30. The van der Waals surface area contributed by atoms with Crippen molar-refractivity contribution in [3.8, 4) is 0 Å². The summed E-state index contributed by atoms with van der Waals surface area (Å²) in [7, 11) is 1.89. The van der Waals surface area contributed by atoms with E-state index in [1.807, 2.05) is 11.7 Å². The Kier molecular flexibility index (Phi) is 7.32. The van der Waals surface area contributed by atoms with E-state index in [0.29, 0.717) is 17.3 Å². The van der Waals surface area contributed by atoms with Crippen LogP contribution in [0.25, 0.3) is 0 Å². The first-order valence-electron chi connectivity index (χ1n) is 11.2. The fourth-order valence-corrected chi connectivity index (χ4v) is 4.48. The normalized spacial score (nSPS) is 19.2. The van der Waals surface area contributed by atoms with E-state index in [2.05, 4.69) is 20.6 Å². The lowest BCUT2D eigenvalue weighted by atomic mass is 9.91. The van der Waals surface area contributed by atoms with Crippen LogP contribution in [0.3, 0.4) is 0 Å². The lowest BCUT2D eigenvalue weighted by molar-refractivity contribution is 0.0373. The molecule has 1 aliphatic carbocycles. The minimum atomic E-state index is -0.313. The number of amides is 1. The maximum Gasteiger partial charge on any atom is 0.272 e. The van der Waals surface area contributed by atoms with Crippen molar-refractivity contribution >= 4 is 5.91 Å². The molecule has 8 heteroatoms. The lowest BCUT2D eigenvalue weighted by Gasteiger charge is -2.27. The highest BCUT2D eigenvalue weighted by molar-refractivity contribution is 5.94. The molecule has 1 aliphatic heterocycles. The van der Waals surface area contributed by atoms with E-state index >= 15 is 0 Å². The molecule has 1 amide bonds. The number of carbonyl (C=O) groups is 1. The van der Waals surface area contributed by atoms with Gasteiger partial charge in [-0.2, -0.15) is 5.10 Å². The summed E-state index contributed by atoms with van der Waals surface area (Å²) in [5.74, 6) is -0.555. The largest absolute Gasteiger partial charge is 0.379 e. The van der Waals surface area contributed by atoms with Gasteiger partial charge in [-0.3, -0.25) is 14.4 Å². The highest BCUT2D eigenvalue weighted by Crippen LogP contribution is 2.24. The molecule has 1 atom stereocenters. The summed E-state index contributed by atoms with van der Waals surface area (Å²) < 4.78 is 21.1. The minimum Gasteiger partial charge on any atom is -0.379 e. The van der Waals surface area contributed by atoms with Crippen molar-refractivity contribution < 1.29 is 13.9 Å². The van der Waals surface area contributed by atoms with Gasteiger partial charge in [-0.15, -0.1) is 0 Å². The second-order valence-corrected chi connectivity index (χ2v) is 8.37. The smallest absolute Gasteiger partial charge is 0.272 e. The summed E-state index contributed by atoms with van der Waals surface area (Å²) in [5.41, 5.74) is 3.09. The molecular formula is C23H32FN5O2. The number of nitrogens with one attached hydrogen (secondary N) is 2. The molecule has 1 aromatic carbocycles. The molecule has 0 bridgehead atoms. The maximum absolute atomic E-state index is 13.8. The highest BCUT2D eigenvalue weighted by atomic mass is 19.1. The molecule has 0 radical (unpaired) electrons. The Morgan fingerprint density at radius 1 is 1.29 bits per heavy atom. The Labute approximate surface area is 182 Å². The number of fused-ring (bicyclic) bond motifs is 1. The van der Waals surface area contributed by atoms with E-state index in [4.69, 9.17) is 4.74 Å². The van der Waals surface area contributed by atoms with Crippen molar-refractivity contribution in [2.75, 3.05) is 39.4 Å². The Bertz CT molecular complexity index is 894. The van der Waals surface area contributed by atoms with Crippen LogP contribution in [0.2, 0.25) is 0 Å². The van der Waals surface area contributed by atoms with Gasteiger partial charge in [-0.25, -0.2) is 4.39 Å². The van der Waals surface area contributed by atoms with E-state index in [-0.39, 0.29) is 18.3 Å². The van der Waals surface area contributed by atoms with Crippen LogP contribution >= 0.6 is 0 Å². The zero-order valence-electron chi connectivity index (χ0n) is 18.2. The molecule has 0 spiro atoms. The minimum absolute atomic E-state index is 0.153. The van der Waals surface area contributed by atoms with Crippen molar-refractivity contribution in [2.24, 2.45) is 7.05 Å². The second kappa shape index (κ2) is 10.3. The second-order valence-electron chi connectivity index (χ2n) is 8.37. The van der Waals surface area contributed by atoms with Crippen LogP contribution in [0.15, 0.2) is 24.3 Å². The number of hydrogen-bond donors (Lipinski definition) is 2. The Morgan fingerprint density at radius 2 is 2.10 bits per heavy atom. The van der Waals surface area contributed by atoms with E-state index in [1.165, 1.54) is 6.07 Å². The van der Waals surface area contributed by atoms with Crippen LogP contribution < -0.4 is 10.6 Å². The van der Waals surface area contributed by atoms with Crippen LogP contribution in [0.4, 0.5) is 4.39 Å². The van der Waals surface area contributed by atoms with Crippen LogP contribution in [-0.4, -0.2) is 66.0 Å². The number of halogens is 1. The molecule has 2 heterocycles. The van der Waals surface area contributed by atoms with Gasteiger partial charge in [0.15, 0.2) is 5.69 Å². The third-order valence-corrected chi connectivity index (χ3v) is 6.26. The number of nitrogens with zero attached hydrogens (tertiary/aromatic N) is 3. The van der Waals surface area contributed by atoms with E-state index in [9.17, 15) is 9.18 Å². The monoisotopic (exact) mass is 429 g/mol. The summed E-state index contributed by atoms with van der Waals surface area (Å²) in [6.07, 6.45) is 3.84. The fourth-order valence-electron chi connectivity index (χ4n) is 4.48. The maximum atomic E-state index is 13.8. The number of aryl methyl sites for hydroxylation is 1. The van der Waals surface area contributed by atoms with Gasteiger partial charge in [-0.05, 0) is 44.8 Å². The number of carbonyl (C=O) groups excluding carboxylic acids is 1. The molecular weight excluding hydrogens is 397 g/mol. The van der Waals surface area contributed by atoms with Crippen LogP contribution in [0, 0.1) is 5.82 Å². The quantitative estimate of drug-likeness (QED) is 0.625. The number of rotatable bonds is 8. The number of ether oxygens (including phenoxy) is 1. The van der Waals surface area contributed by atoms with Gasteiger partial charge in [0.05, 0.1) is 13.2 Å².